The van der Waals surface area contributed by atoms with Gasteiger partial charge in [0, 0.05) is 0 Å². The van der Waals surface area contributed by atoms with Crippen molar-refractivity contribution in [2.45, 2.75) is 0 Å². The van der Waals surface area contributed by atoms with Gasteiger partial charge in [-0.05, 0) is 0 Å². The summed E-state index contributed by atoms with van der Waals surface area (Å²) >= 11 is 0. The maximum atomic E-state index is 10.5. The molecule has 0 radical (unpaired) electrons. The van der Waals surface area contributed by atoms with Crippen LogP contribution >= 0.6 is 20.7 Å². The smallest absolute Gasteiger partial charge is 0.267 e. The summed E-state index contributed by atoms with van der Waals surface area (Å²) < 4.78 is 0. The van der Waals surface area contributed by atoms with Crippen molar-refractivity contribution in [3.63, 3.8) is 0 Å². The third-order valence-corrected chi connectivity index (χ3v) is 3.30. The van der Waals surface area contributed by atoms with Gasteiger partial charge < -0.3 is 4.98 Å². The average Bonchev–Trinajstić information content (AvgIpc) is 1.78. The second-order valence-electron chi connectivity index (χ2n) is 1.55. The molecule has 0 atom stereocenters. The van der Waals surface area contributed by atoms with Gasteiger partial charge in [0.2, 0.25) is 0 Å². The van der Waals surface area contributed by atoms with E-state index in [4.69, 9.17) is 0 Å². The van der Waals surface area contributed by atoms with Crippen molar-refractivity contribution in [2.75, 3.05) is 0 Å². The topological polar surface area (TPSA) is 45.8 Å². The number of hydrogen-bond donors (Lipinski definition) is 1. The van der Waals surface area contributed by atoms with Gasteiger partial charge in [-0.1, -0.05) is 20.7 Å². The molecule has 0 aliphatic rings. The van der Waals surface area contributed by atoms with Crippen molar-refractivity contribution in [1.82, 2.24) is 9.97 Å². The van der Waals surface area contributed by atoms with E-state index < -0.39 is 0 Å². The molecule has 2 aromatic heterocycles. The molecule has 9 heavy (non-hydrogen) atoms. The number of H-pyrrole nitrogens is 1. The predicted octanol–water partition coefficient (Wildman–Crippen LogP) is 1.05. The Balaban J connectivity index is 2.93. The summed E-state index contributed by atoms with van der Waals surface area (Å²) in [6.45, 7) is 0. The molecule has 0 saturated carbocycles. The number of aromatic amines is 1. The Morgan fingerprint density at radius 2 is 2.44 bits per heavy atom. The Morgan fingerprint density at radius 1 is 1.56 bits per heavy atom. The first-order valence-corrected chi connectivity index (χ1v) is 4.45. The van der Waals surface area contributed by atoms with Gasteiger partial charge in [0.1, 0.15) is 4.83 Å². The van der Waals surface area contributed by atoms with Gasteiger partial charge in [-0.3, -0.25) is 4.79 Å². The van der Waals surface area contributed by atoms with Gasteiger partial charge in [-0.15, -0.1) is 0 Å². The highest BCUT2D eigenvalue weighted by Gasteiger charge is 1.98. The maximum Gasteiger partial charge on any atom is 0.267 e. The van der Waals surface area contributed by atoms with Crippen molar-refractivity contribution in [1.29, 1.82) is 0 Å². The molecule has 0 aromatic carbocycles. The number of nitrogens with one attached hydrogen (secondary N) is 1. The van der Waals surface area contributed by atoms with Gasteiger partial charge in [-0.25, -0.2) is 4.98 Å². The first kappa shape index (κ1) is 5.13. The van der Waals surface area contributed by atoms with Crippen LogP contribution in [0.25, 0.3) is 9.66 Å². The van der Waals surface area contributed by atoms with Crippen LogP contribution in [-0.2, 0) is 0 Å². The van der Waals surface area contributed by atoms with E-state index >= 15 is 0 Å². The lowest BCUT2D eigenvalue weighted by atomic mass is 10.7. The zero-order valence-corrected chi connectivity index (χ0v) is 5.88. The Hall–Kier alpha value is -0.680. The summed E-state index contributed by atoms with van der Waals surface area (Å²) in [5, 5.41) is 0. The van der Waals surface area contributed by atoms with Gasteiger partial charge in [0.25, 0.3) is 5.56 Å². The number of aromatic nitrogens is 2. The summed E-state index contributed by atoms with van der Waals surface area (Å²) in [7, 11) is 3.12. The van der Waals surface area contributed by atoms with Gasteiger partial charge >= 0.3 is 0 Å². The second kappa shape index (κ2) is 1.65. The predicted molar refractivity (Wildman–Crippen MR) is 38.1 cm³/mol. The second-order valence-corrected chi connectivity index (χ2v) is 3.68. The molecule has 1 N–H and O–H groups in total. The Kier molecular flexibility index (Phi) is 0.940. The first-order valence-electron chi connectivity index (χ1n) is 2.30. The molecule has 0 amide bonds. The summed E-state index contributed by atoms with van der Waals surface area (Å²) in [6, 6.07) is 0. The van der Waals surface area contributed by atoms with Crippen molar-refractivity contribution in [3.8, 4) is 0 Å². The highest BCUT2D eigenvalue weighted by Crippen LogP contribution is 2.25. The highest BCUT2D eigenvalue weighted by atomic mass is 32.9. The number of nitrogens with zero attached hydrogens (tertiary/aromatic N) is 1. The number of hydrogen-bond acceptors (Lipinski definition) is 4. The van der Waals surface area contributed by atoms with Crippen LogP contribution in [0, 0.1) is 0 Å². The van der Waals surface area contributed by atoms with Crippen molar-refractivity contribution in [3.05, 3.63) is 16.6 Å². The lowest BCUT2D eigenvalue weighted by Gasteiger charge is -1.92. The summed E-state index contributed by atoms with van der Waals surface area (Å²) in [5.74, 6) is 0. The Bertz CT molecular complexity index is 371. The molecule has 0 unspecified atom stereocenters. The molecule has 2 rings (SSSR count). The van der Waals surface area contributed by atoms with Crippen LogP contribution in [0.15, 0.2) is 11.0 Å². The van der Waals surface area contributed by atoms with E-state index in [-0.39, 0.29) is 5.56 Å². The van der Waals surface area contributed by atoms with Crippen molar-refractivity contribution >= 4 is 30.3 Å². The monoisotopic (exact) mass is 158 g/mol. The molecule has 0 saturated heterocycles. The molecular weight excluding hydrogens is 156 g/mol. The zero-order chi connectivity index (χ0) is 6.27. The van der Waals surface area contributed by atoms with Crippen LogP contribution in [0.2, 0.25) is 0 Å². The third-order valence-electron chi connectivity index (χ3n) is 0.934. The minimum Gasteiger partial charge on any atom is -0.310 e. The molecule has 0 fully saturated rings. The van der Waals surface area contributed by atoms with E-state index in [1.807, 2.05) is 0 Å². The minimum absolute atomic E-state index is 0.124. The van der Waals surface area contributed by atoms with Crippen LogP contribution < -0.4 is 5.56 Å². The third kappa shape index (κ3) is 0.691. The van der Waals surface area contributed by atoms with Gasteiger partial charge in [0.15, 0.2) is 4.83 Å². The van der Waals surface area contributed by atoms with E-state index in [9.17, 15) is 4.79 Å². The minimum atomic E-state index is -0.124. The van der Waals surface area contributed by atoms with Crippen LogP contribution in [0.3, 0.4) is 0 Å². The fourth-order valence-electron chi connectivity index (χ4n) is 0.536. The molecule has 0 aliphatic heterocycles. The quantitative estimate of drug-likeness (QED) is 0.582. The molecule has 2 heterocycles. The summed E-state index contributed by atoms with van der Waals surface area (Å²) in [5.41, 5.74) is -0.124. The highest BCUT2D eigenvalue weighted by molar-refractivity contribution is 7.78. The molecule has 2 aromatic rings. The molecule has 46 valence electrons. The molecule has 0 bridgehead atoms. The van der Waals surface area contributed by atoms with Crippen LogP contribution in [0.5, 0.6) is 0 Å². The van der Waals surface area contributed by atoms with E-state index in [1.165, 1.54) is 6.20 Å². The van der Waals surface area contributed by atoms with Gasteiger partial charge in [0.05, 0.1) is 6.20 Å². The Morgan fingerprint density at radius 3 is 2.89 bits per heavy atom. The fourth-order valence-corrected chi connectivity index (χ4v) is 2.10. The lowest BCUT2D eigenvalue weighted by Crippen LogP contribution is -2.03. The molecule has 0 aliphatic carbocycles. The number of rotatable bonds is 0. The summed E-state index contributed by atoms with van der Waals surface area (Å²) in [4.78, 5) is 18.9. The average molecular weight is 158 g/mol. The lowest BCUT2D eigenvalue weighted by molar-refractivity contribution is 1.24. The van der Waals surface area contributed by atoms with E-state index in [0.29, 0.717) is 0 Å². The van der Waals surface area contributed by atoms with Gasteiger partial charge in [-0.2, -0.15) is 0 Å². The standard InChI is InChI=1S/C4H2N2OS2/c7-2-1-5-3-4(6-2)9-8-3/h1H,(H,6,7). The molecular formula is C4H2N2OS2. The summed E-state index contributed by atoms with van der Waals surface area (Å²) in [6.07, 6.45) is 1.30. The first-order chi connectivity index (χ1) is 4.36. The molecule has 3 nitrogen and oxygen atoms in total. The van der Waals surface area contributed by atoms with Crippen molar-refractivity contribution in [2.24, 2.45) is 0 Å². The number of fused-ring (bicyclic) bond motifs is 1. The zero-order valence-electron chi connectivity index (χ0n) is 4.25. The Labute approximate surface area is 57.4 Å². The fraction of sp³-hybridized carbons (Fsp3) is 0. The van der Waals surface area contributed by atoms with Crippen LogP contribution in [-0.4, -0.2) is 9.97 Å². The normalized spacial score (nSPS) is 10.7. The largest absolute Gasteiger partial charge is 0.310 e. The van der Waals surface area contributed by atoms with E-state index in [2.05, 4.69) is 9.97 Å². The maximum absolute atomic E-state index is 10.5. The molecule has 0 spiro atoms. The van der Waals surface area contributed by atoms with Crippen LogP contribution in [0.4, 0.5) is 0 Å². The van der Waals surface area contributed by atoms with Crippen molar-refractivity contribution < 1.29 is 0 Å². The van der Waals surface area contributed by atoms with E-state index in [1.54, 1.807) is 20.7 Å². The van der Waals surface area contributed by atoms with Crippen LogP contribution in [0.1, 0.15) is 0 Å². The SMILES string of the molecule is O=c1cnc2ssc2[nH]1. The molecule has 5 heteroatoms. The van der Waals surface area contributed by atoms with E-state index in [0.717, 1.165) is 9.66 Å².